The smallest absolute Gasteiger partial charge is 0.119 e. The van der Waals surface area contributed by atoms with Crippen molar-refractivity contribution in [3.63, 3.8) is 0 Å². The molecule has 0 atom stereocenters. The van der Waals surface area contributed by atoms with E-state index in [0.717, 1.165) is 31.7 Å². The molecule has 0 saturated carbocycles. The van der Waals surface area contributed by atoms with E-state index in [1.807, 2.05) is 0 Å². The fourth-order valence-electron chi connectivity index (χ4n) is 2.18. The lowest BCUT2D eigenvalue weighted by atomic mass is 10.1. The highest BCUT2D eigenvalue weighted by Gasteiger charge is 2.01. The van der Waals surface area contributed by atoms with Gasteiger partial charge in [0.25, 0.3) is 0 Å². The zero-order valence-corrected chi connectivity index (χ0v) is 13.3. The van der Waals surface area contributed by atoms with Crippen LogP contribution in [-0.2, 0) is 6.54 Å². The van der Waals surface area contributed by atoms with E-state index in [4.69, 9.17) is 4.74 Å². The minimum atomic E-state index is 0.802. The number of benzene rings is 2. The van der Waals surface area contributed by atoms with E-state index in [0.29, 0.717) is 0 Å². The molecule has 0 amide bonds. The van der Waals surface area contributed by atoms with Gasteiger partial charge in [0.05, 0.1) is 6.61 Å². The first-order valence-corrected chi connectivity index (χ1v) is 7.72. The number of rotatable bonds is 7. The summed E-state index contributed by atoms with van der Waals surface area (Å²) in [5.41, 5.74) is 5.11. The molecule has 112 valence electrons. The predicted molar refractivity (Wildman–Crippen MR) is 90.1 cm³/mol. The lowest BCUT2D eigenvalue weighted by Crippen LogP contribution is -2.02. The molecule has 0 aliphatic heterocycles. The Morgan fingerprint density at radius 2 is 1.76 bits per heavy atom. The Labute approximate surface area is 128 Å². The van der Waals surface area contributed by atoms with Crippen LogP contribution in [0.5, 0.6) is 5.75 Å². The van der Waals surface area contributed by atoms with E-state index < -0.39 is 0 Å². The third kappa shape index (κ3) is 4.52. The summed E-state index contributed by atoms with van der Waals surface area (Å²) in [5, 5.41) is 3.50. The minimum absolute atomic E-state index is 0.802. The molecule has 0 heterocycles. The van der Waals surface area contributed by atoms with Crippen molar-refractivity contribution in [2.75, 3.05) is 11.9 Å². The monoisotopic (exact) mass is 283 g/mol. The second-order valence-corrected chi connectivity index (χ2v) is 5.45. The number of unbranched alkanes of at least 4 members (excludes halogenated alkanes) is 1. The average Bonchev–Trinajstić information content (AvgIpc) is 2.50. The molecular weight excluding hydrogens is 258 g/mol. The quantitative estimate of drug-likeness (QED) is 0.714. The van der Waals surface area contributed by atoms with Gasteiger partial charge in [0.2, 0.25) is 0 Å². The van der Waals surface area contributed by atoms with Crippen LogP contribution in [0, 0.1) is 13.8 Å². The van der Waals surface area contributed by atoms with E-state index in [2.05, 4.69) is 68.6 Å². The summed E-state index contributed by atoms with van der Waals surface area (Å²) in [5.74, 6) is 0.957. The molecule has 0 bridgehead atoms. The summed E-state index contributed by atoms with van der Waals surface area (Å²) in [6.07, 6.45) is 2.27. The molecule has 0 spiro atoms. The summed E-state index contributed by atoms with van der Waals surface area (Å²) < 4.78 is 5.68. The Balaban J connectivity index is 1.90. The molecule has 2 rings (SSSR count). The number of aryl methyl sites for hydroxylation is 1. The zero-order chi connectivity index (χ0) is 15.1. The van der Waals surface area contributed by atoms with Gasteiger partial charge in [-0.3, -0.25) is 0 Å². The van der Waals surface area contributed by atoms with Crippen molar-refractivity contribution < 1.29 is 4.74 Å². The number of hydrogen-bond acceptors (Lipinski definition) is 2. The van der Waals surface area contributed by atoms with Crippen LogP contribution in [0.15, 0.2) is 42.5 Å². The molecule has 0 radical (unpaired) electrons. The predicted octanol–water partition coefficient (Wildman–Crippen LogP) is 5.09. The first kappa shape index (κ1) is 15.4. The Bertz CT molecular complexity index is 560. The van der Waals surface area contributed by atoms with E-state index in [1.165, 1.54) is 22.4 Å². The van der Waals surface area contributed by atoms with Crippen LogP contribution in [0.4, 0.5) is 5.69 Å². The second kappa shape index (κ2) is 7.72. The molecule has 2 aromatic rings. The normalized spacial score (nSPS) is 10.4. The third-order valence-electron chi connectivity index (χ3n) is 3.78. The molecule has 0 unspecified atom stereocenters. The number of hydrogen-bond donors (Lipinski definition) is 1. The SMILES string of the molecule is CCCCOc1ccc(CNc2cccc(C)c2C)cc1. The molecule has 1 N–H and O–H groups in total. The summed E-state index contributed by atoms with van der Waals surface area (Å²) in [6, 6.07) is 14.7. The highest BCUT2D eigenvalue weighted by Crippen LogP contribution is 2.19. The van der Waals surface area contributed by atoms with Gasteiger partial charge in [-0.25, -0.2) is 0 Å². The van der Waals surface area contributed by atoms with E-state index in [9.17, 15) is 0 Å². The van der Waals surface area contributed by atoms with Crippen molar-refractivity contribution in [1.82, 2.24) is 0 Å². The van der Waals surface area contributed by atoms with Crippen LogP contribution >= 0.6 is 0 Å². The summed E-state index contributed by atoms with van der Waals surface area (Å²) in [7, 11) is 0. The zero-order valence-electron chi connectivity index (χ0n) is 13.3. The Kier molecular flexibility index (Phi) is 5.68. The maximum atomic E-state index is 5.68. The molecule has 0 aliphatic carbocycles. The van der Waals surface area contributed by atoms with Gasteiger partial charge in [-0.2, -0.15) is 0 Å². The summed E-state index contributed by atoms with van der Waals surface area (Å²) in [6.45, 7) is 8.10. The van der Waals surface area contributed by atoms with Crippen LogP contribution in [0.2, 0.25) is 0 Å². The maximum Gasteiger partial charge on any atom is 0.119 e. The van der Waals surface area contributed by atoms with Crippen LogP contribution < -0.4 is 10.1 Å². The van der Waals surface area contributed by atoms with Gasteiger partial charge in [-0.15, -0.1) is 0 Å². The summed E-state index contributed by atoms with van der Waals surface area (Å²) >= 11 is 0. The topological polar surface area (TPSA) is 21.3 Å². The number of ether oxygens (including phenoxy) is 1. The average molecular weight is 283 g/mol. The van der Waals surface area contributed by atoms with Gasteiger partial charge < -0.3 is 10.1 Å². The maximum absolute atomic E-state index is 5.68. The van der Waals surface area contributed by atoms with E-state index in [1.54, 1.807) is 0 Å². The van der Waals surface area contributed by atoms with Crippen molar-refractivity contribution in [3.8, 4) is 5.75 Å². The standard InChI is InChI=1S/C19H25NO/c1-4-5-13-21-18-11-9-17(10-12-18)14-20-19-8-6-7-15(2)16(19)3/h6-12,20H,4-5,13-14H2,1-3H3. The van der Waals surface area contributed by atoms with Crippen molar-refractivity contribution in [3.05, 3.63) is 59.2 Å². The molecule has 2 nitrogen and oxygen atoms in total. The van der Waals surface area contributed by atoms with Gasteiger partial charge in [0, 0.05) is 12.2 Å². The van der Waals surface area contributed by atoms with Crippen molar-refractivity contribution in [2.24, 2.45) is 0 Å². The van der Waals surface area contributed by atoms with Crippen molar-refractivity contribution in [2.45, 2.75) is 40.2 Å². The van der Waals surface area contributed by atoms with Crippen LogP contribution in [0.1, 0.15) is 36.5 Å². The second-order valence-electron chi connectivity index (χ2n) is 5.45. The van der Waals surface area contributed by atoms with Gasteiger partial charge in [-0.1, -0.05) is 37.6 Å². The van der Waals surface area contributed by atoms with E-state index >= 15 is 0 Å². The third-order valence-corrected chi connectivity index (χ3v) is 3.78. The molecule has 21 heavy (non-hydrogen) atoms. The summed E-state index contributed by atoms with van der Waals surface area (Å²) in [4.78, 5) is 0. The molecule has 0 fully saturated rings. The van der Waals surface area contributed by atoms with Crippen molar-refractivity contribution in [1.29, 1.82) is 0 Å². The van der Waals surface area contributed by atoms with Gasteiger partial charge in [0.1, 0.15) is 5.75 Å². The molecule has 0 saturated heterocycles. The first-order valence-electron chi connectivity index (χ1n) is 7.72. The number of nitrogens with one attached hydrogen (secondary N) is 1. The Hall–Kier alpha value is -1.96. The highest BCUT2D eigenvalue weighted by atomic mass is 16.5. The number of anilines is 1. The fraction of sp³-hybridized carbons (Fsp3) is 0.368. The first-order chi connectivity index (χ1) is 10.2. The lowest BCUT2D eigenvalue weighted by molar-refractivity contribution is 0.309. The van der Waals surface area contributed by atoms with E-state index in [-0.39, 0.29) is 0 Å². The van der Waals surface area contributed by atoms with Gasteiger partial charge in [-0.05, 0) is 55.2 Å². The van der Waals surface area contributed by atoms with Crippen molar-refractivity contribution >= 4 is 5.69 Å². The Morgan fingerprint density at radius 1 is 1.00 bits per heavy atom. The van der Waals surface area contributed by atoms with Crippen LogP contribution in [0.25, 0.3) is 0 Å². The molecule has 0 aliphatic rings. The minimum Gasteiger partial charge on any atom is -0.494 e. The van der Waals surface area contributed by atoms with Gasteiger partial charge >= 0.3 is 0 Å². The van der Waals surface area contributed by atoms with Gasteiger partial charge in [0.15, 0.2) is 0 Å². The largest absolute Gasteiger partial charge is 0.494 e. The van der Waals surface area contributed by atoms with Crippen LogP contribution in [-0.4, -0.2) is 6.61 Å². The lowest BCUT2D eigenvalue weighted by Gasteiger charge is -2.12. The highest BCUT2D eigenvalue weighted by molar-refractivity contribution is 5.53. The molecule has 0 aromatic heterocycles. The molecular formula is C19H25NO. The van der Waals surface area contributed by atoms with Crippen LogP contribution in [0.3, 0.4) is 0 Å². The molecule has 2 heteroatoms. The fourth-order valence-corrected chi connectivity index (χ4v) is 2.18. The molecule has 2 aromatic carbocycles. The Morgan fingerprint density at radius 3 is 2.48 bits per heavy atom.